The number of benzene rings is 2. The van der Waals surface area contributed by atoms with Gasteiger partial charge in [-0.3, -0.25) is 9.88 Å². The van der Waals surface area contributed by atoms with Crippen molar-refractivity contribution in [1.82, 2.24) is 9.88 Å². The van der Waals surface area contributed by atoms with Crippen molar-refractivity contribution in [2.45, 2.75) is 42.4 Å². The Kier molecular flexibility index (Phi) is 4.13. The number of aromatic nitrogens is 1. The predicted molar refractivity (Wildman–Crippen MR) is 130 cm³/mol. The quantitative estimate of drug-likeness (QED) is 0.546. The Bertz CT molecular complexity index is 1360. The second kappa shape index (κ2) is 6.85. The Labute approximate surface area is 203 Å². The summed E-state index contributed by atoms with van der Waals surface area (Å²) >= 11 is 6.09. The molecule has 2 aromatic carbocycles. The van der Waals surface area contributed by atoms with E-state index >= 15 is 0 Å². The summed E-state index contributed by atoms with van der Waals surface area (Å²) < 4.78 is 6.53. The van der Waals surface area contributed by atoms with Gasteiger partial charge in [-0.05, 0) is 53.8 Å². The molecule has 0 unspecified atom stereocenters. The van der Waals surface area contributed by atoms with Gasteiger partial charge in [0.1, 0.15) is 0 Å². The second-order valence-electron chi connectivity index (χ2n) is 10.0. The monoisotopic (exact) mass is 472 g/mol. The zero-order valence-electron chi connectivity index (χ0n) is 18.7. The average molecular weight is 473 g/mol. The van der Waals surface area contributed by atoms with Crippen LogP contribution in [-0.4, -0.2) is 44.8 Å². The van der Waals surface area contributed by atoms with Gasteiger partial charge in [0.05, 0.1) is 16.7 Å². The molecule has 2 bridgehead atoms. The van der Waals surface area contributed by atoms with Gasteiger partial charge in [-0.1, -0.05) is 35.9 Å². The molecule has 3 aromatic rings. The van der Waals surface area contributed by atoms with Crippen LogP contribution in [0.3, 0.4) is 0 Å². The number of aliphatic hydroxyl groups is 1. The molecule has 34 heavy (non-hydrogen) atoms. The molecule has 1 saturated heterocycles. The van der Waals surface area contributed by atoms with Gasteiger partial charge in [0, 0.05) is 47.9 Å². The number of phenols is 1. The van der Waals surface area contributed by atoms with E-state index in [0.29, 0.717) is 23.6 Å². The molecule has 1 fully saturated rings. The third-order valence-electron chi connectivity index (χ3n) is 8.57. The number of halogens is 1. The number of phenolic OH excluding ortho intramolecular Hbond substituents is 1. The molecular formula is C28H25ClN2O3. The Morgan fingerprint density at radius 1 is 1.18 bits per heavy atom. The number of pyridine rings is 1. The van der Waals surface area contributed by atoms with Crippen LogP contribution in [0.5, 0.6) is 11.5 Å². The lowest BCUT2D eigenvalue weighted by molar-refractivity contribution is -0.171. The Morgan fingerprint density at radius 2 is 2.00 bits per heavy atom. The highest BCUT2D eigenvalue weighted by molar-refractivity contribution is 6.30. The molecule has 2 aliphatic heterocycles. The minimum absolute atomic E-state index is 0.0688. The highest BCUT2D eigenvalue weighted by Gasteiger charge is 2.72. The number of hydrogen-bond acceptors (Lipinski definition) is 5. The van der Waals surface area contributed by atoms with Crippen LogP contribution in [0.25, 0.3) is 11.1 Å². The highest BCUT2D eigenvalue weighted by Crippen LogP contribution is 2.68. The molecule has 4 aliphatic rings. The van der Waals surface area contributed by atoms with E-state index in [4.69, 9.17) is 21.3 Å². The molecule has 0 saturated carbocycles. The van der Waals surface area contributed by atoms with Gasteiger partial charge >= 0.3 is 0 Å². The summed E-state index contributed by atoms with van der Waals surface area (Å²) in [6.07, 6.45) is 5.30. The standard InChI is InChI=1S/C28H25ClN2O3/c1-2-10-31-11-9-27-23-17-5-8-21(32)25(23)34-26(27)24-18(14-28(27,33)22(31)13-17)12-19(15-30-24)16-3-6-20(29)7-4-16/h2-8,12,15,22,26,32-33H,1,9-11,13-14H2/t22-,26+,27+,28-/m1/s1. The summed E-state index contributed by atoms with van der Waals surface area (Å²) in [6.45, 7) is 5.52. The molecule has 2 N–H and O–H groups in total. The largest absolute Gasteiger partial charge is 0.504 e. The second-order valence-corrected chi connectivity index (χ2v) is 10.5. The topological polar surface area (TPSA) is 65.8 Å². The van der Waals surface area contributed by atoms with E-state index in [2.05, 4.69) is 17.5 Å². The molecule has 3 heterocycles. The van der Waals surface area contributed by atoms with Gasteiger partial charge in [0.25, 0.3) is 0 Å². The first-order valence-corrected chi connectivity index (χ1v) is 12.2. The number of nitrogens with zero attached hydrogens (tertiary/aromatic N) is 2. The summed E-state index contributed by atoms with van der Waals surface area (Å²) in [4.78, 5) is 7.26. The van der Waals surface area contributed by atoms with Crippen molar-refractivity contribution in [1.29, 1.82) is 0 Å². The lowest BCUT2D eigenvalue weighted by Gasteiger charge is -2.62. The van der Waals surface area contributed by atoms with E-state index in [-0.39, 0.29) is 11.8 Å². The molecule has 2 aliphatic carbocycles. The van der Waals surface area contributed by atoms with Crippen molar-refractivity contribution in [3.63, 3.8) is 0 Å². The average Bonchev–Trinajstić information content (AvgIpc) is 3.18. The molecule has 0 radical (unpaired) electrons. The van der Waals surface area contributed by atoms with Crippen molar-refractivity contribution in [2.24, 2.45) is 0 Å². The van der Waals surface area contributed by atoms with Crippen LogP contribution in [0.2, 0.25) is 5.02 Å². The first kappa shape index (κ1) is 20.5. The Hall–Kier alpha value is -2.86. The minimum Gasteiger partial charge on any atom is -0.504 e. The van der Waals surface area contributed by atoms with Crippen molar-refractivity contribution >= 4 is 11.6 Å². The van der Waals surface area contributed by atoms with Gasteiger partial charge < -0.3 is 14.9 Å². The van der Waals surface area contributed by atoms with Crippen LogP contribution in [-0.2, 0) is 18.3 Å². The maximum absolute atomic E-state index is 12.7. The fraction of sp³-hybridized carbons (Fsp3) is 0.321. The van der Waals surface area contributed by atoms with Gasteiger partial charge in [-0.25, -0.2) is 0 Å². The maximum atomic E-state index is 12.7. The third-order valence-corrected chi connectivity index (χ3v) is 8.83. The predicted octanol–water partition coefficient (Wildman–Crippen LogP) is 4.58. The number of ether oxygens (including phenoxy) is 1. The normalized spacial score (nSPS) is 30.3. The van der Waals surface area contributed by atoms with Crippen LogP contribution < -0.4 is 4.74 Å². The van der Waals surface area contributed by atoms with Crippen molar-refractivity contribution in [2.75, 3.05) is 13.1 Å². The molecule has 1 spiro atoms. The van der Waals surface area contributed by atoms with E-state index in [1.165, 1.54) is 0 Å². The third kappa shape index (κ3) is 2.40. The molecule has 7 rings (SSSR count). The first-order valence-electron chi connectivity index (χ1n) is 11.8. The molecular weight excluding hydrogens is 448 g/mol. The van der Waals surface area contributed by atoms with Gasteiger partial charge in [0.2, 0.25) is 0 Å². The van der Waals surface area contributed by atoms with Crippen LogP contribution in [0.1, 0.15) is 34.9 Å². The summed E-state index contributed by atoms with van der Waals surface area (Å²) in [5.41, 5.74) is 4.34. The molecule has 1 aromatic heterocycles. The smallest absolute Gasteiger partial charge is 0.166 e. The van der Waals surface area contributed by atoms with Gasteiger partial charge in [0.15, 0.2) is 17.6 Å². The van der Waals surface area contributed by atoms with E-state index < -0.39 is 17.1 Å². The van der Waals surface area contributed by atoms with Gasteiger partial charge in [-0.15, -0.1) is 6.58 Å². The zero-order valence-corrected chi connectivity index (χ0v) is 19.4. The van der Waals surface area contributed by atoms with Crippen LogP contribution in [0, 0.1) is 0 Å². The lowest BCUT2D eigenvalue weighted by atomic mass is 9.49. The number of rotatable bonds is 3. The fourth-order valence-electron chi connectivity index (χ4n) is 7.18. The fourth-order valence-corrected chi connectivity index (χ4v) is 7.30. The van der Waals surface area contributed by atoms with E-state index in [1.54, 1.807) is 6.07 Å². The SMILES string of the molecule is C=CCN1CC[C@]23c4c5ccc(O)c4O[C@H]2c2ncc(-c4ccc(Cl)cc4)cc2C[C@@]3(O)[C@H]1C5. The first-order chi connectivity index (χ1) is 16.5. The van der Waals surface area contributed by atoms with Gasteiger partial charge in [-0.2, -0.15) is 0 Å². The van der Waals surface area contributed by atoms with E-state index in [1.807, 2.05) is 42.6 Å². The zero-order chi connectivity index (χ0) is 23.2. The molecule has 4 atom stereocenters. The lowest BCUT2D eigenvalue weighted by Crippen LogP contribution is -2.74. The Balaban J connectivity index is 1.45. The van der Waals surface area contributed by atoms with Crippen molar-refractivity contribution < 1.29 is 14.9 Å². The van der Waals surface area contributed by atoms with Crippen molar-refractivity contribution in [3.8, 4) is 22.6 Å². The number of hydrogen-bond donors (Lipinski definition) is 2. The minimum atomic E-state index is -1.04. The molecule has 5 nitrogen and oxygen atoms in total. The molecule has 6 heteroatoms. The maximum Gasteiger partial charge on any atom is 0.166 e. The van der Waals surface area contributed by atoms with Crippen LogP contribution in [0.15, 0.2) is 61.3 Å². The number of likely N-dealkylation sites (tertiary alicyclic amines) is 1. The Morgan fingerprint density at radius 3 is 2.79 bits per heavy atom. The number of piperidine rings is 1. The summed E-state index contributed by atoms with van der Waals surface area (Å²) in [5.74, 6) is 0.657. The van der Waals surface area contributed by atoms with E-state index in [9.17, 15) is 10.2 Å². The molecule has 172 valence electrons. The summed E-state index contributed by atoms with van der Waals surface area (Å²) in [6, 6.07) is 13.5. The van der Waals surface area contributed by atoms with Crippen molar-refractivity contribution in [3.05, 3.63) is 88.7 Å². The number of aromatic hydroxyl groups is 1. The van der Waals surface area contributed by atoms with E-state index in [0.717, 1.165) is 53.0 Å². The summed E-state index contributed by atoms with van der Waals surface area (Å²) in [5, 5.41) is 24.1. The van der Waals surface area contributed by atoms with Crippen LogP contribution in [0.4, 0.5) is 0 Å². The molecule has 0 amide bonds. The summed E-state index contributed by atoms with van der Waals surface area (Å²) in [7, 11) is 0. The van der Waals surface area contributed by atoms with Crippen LogP contribution >= 0.6 is 11.6 Å². The highest BCUT2D eigenvalue weighted by atomic mass is 35.5. The number of fused-ring (bicyclic) bond motifs is 2.